The van der Waals surface area contributed by atoms with Crippen molar-refractivity contribution in [2.24, 2.45) is 0 Å². The molecule has 1 aliphatic carbocycles. The van der Waals surface area contributed by atoms with Gasteiger partial charge in [0.05, 0.1) is 23.7 Å². The van der Waals surface area contributed by atoms with E-state index in [2.05, 4.69) is 0 Å². The molecule has 0 aromatic heterocycles. The van der Waals surface area contributed by atoms with Gasteiger partial charge in [0.2, 0.25) is 11.2 Å². The largest absolute Gasteiger partial charge is 0.465 e. The zero-order chi connectivity index (χ0) is 23.2. The maximum absolute atomic E-state index is 13.8. The Labute approximate surface area is 190 Å². The van der Waals surface area contributed by atoms with Crippen LogP contribution in [0.3, 0.4) is 0 Å². The smallest absolute Gasteiger partial charge is 0.332 e. The molecule has 7 heteroatoms. The highest BCUT2D eigenvalue weighted by atomic mass is 32.2. The topological polar surface area (TPSA) is 86.7 Å². The number of ketones is 2. The summed E-state index contributed by atoms with van der Waals surface area (Å²) >= 11 is 1.12. The molecule has 1 aliphatic heterocycles. The molecule has 0 spiro atoms. The molecule has 0 amide bonds. The van der Waals surface area contributed by atoms with E-state index in [-0.39, 0.29) is 34.8 Å². The Morgan fingerprint density at radius 3 is 1.94 bits per heavy atom. The van der Waals surface area contributed by atoms with Crippen molar-refractivity contribution in [3.05, 3.63) is 74.7 Å². The first-order chi connectivity index (χ1) is 15.3. The van der Waals surface area contributed by atoms with Crippen LogP contribution >= 0.6 is 11.8 Å². The second kappa shape index (κ2) is 8.06. The SMILES string of the molecule is CCOC(=O)C1(C(=O)OCC)C2=C(Sc3c(C)ccc(C)c31)C(=O)c1ccccc1C2=O. The Hall–Kier alpha value is -3.19. The fourth-order valence-electron chi connectivity index (χ4n) is 4.37. The summed E-state index contributed by atoms with van der Waals surface area (Å²) < 4.78 is 10.8. The number of allylic oxidation sites excluding steroid dienone is 1. The summed E-state index contributed by atoms with van der Waals surface area (Å²) in [6.45, 7) is 6.83. The first-order valence-corrected chi connectivity index (χ1v) is 11.2. The molecule has 2 aliphatic rings. The van der Waals surface area contributed by atoms with Crippen LogP contribution in [0.4, 0.5) is 0 Å². The first-order valence-electron chi connectivity index (χ1n) is 10.4. The van der Waals surface area contributed by atoms with Gasteiger partial charge in [-0.25, -0.2) is 0 Å². The summed E-state index contributed by atoms with van der Waals surface area (Å²) in [5.74, 6) is -2.77. The summed E-state index contributed by atoms with van der Waals surface area (Å²) in [6.07, 6.45) is 0. The van der Waals surface area contributed by atoms with Crippen LogP contribution in [0, 0.1) is 13.8 Å². The van der Waals surface area contributed by atoms with Crippen molar-refractivity contribution >= 4 is 35.3 Å². The second-order valence-electron chi connectivity index (χ2n) is 7.60. The van der Waals surface area contributed by atoms with Crippen molar-refractivity contribution in [1.29, 1.82) is 0 Å². The van der Waals surface area contributed by atoms with Gasteiger partial charge in [-0.15, -0.1) is 0 Å². The number of carbonyl (C=O) groups is 4. The Kier molecular flexibility index (Phi) is 5.54. The van der Waals surface area contributed by atoms with E-state index >= 15 is 0 Å². The molecule has 6 nitrogen and oxygen atoms in total. The number of hydrogen-bond acceptors (Lipinski definition) is 7. The lowest BCUT2D eigenvalue weighted by molar-refractivity contribution is -0.162. The third-order valence-electron chi connectivity index (χ3n) is 5.76. The van der Waals surface area contributed by atoms with Gasteiger partial charge in [-0.2, -0.15) is 0 Å². The van der Waals surface area contributed by atoms with Gasteiger partial charge in [-0.3, -0.25) is 19.2 Å². The van der Waals surface area contributed by atoms with Crippen LogP contribution in [-0.4, -0.2) is 36.7 Å². The standard InChI is InChI=1S/C25H22O6S/c1-5-30-23(28)25(24(29)31-6-2)17-13(3)11-12-14(4)21(17)32-22-18(25)19(26)15-9-7-8-10-16(15)20(22)27/h7-12H,5-6H2,1-4H3. The number of rotatable bonds is 4. The van der Waals surface area contributed by atoms with Gasteiger partial charge in [0.1, 0.15) is 0 Å². The summed E-state index contributed by atoms with van der Waals surface area (Å²) in [5, 5.41) is 0. The summed E-state index contributed by atoms with van der Waals surface area (Å²) in [6, 6.07) is 10.1. The molecule has 2 aromatic rings. The highest BCUT2D eigenvalue weighted by molar-refractivity contribution is 8.04. The van der Waals surface area contributed by atoms with Crippen LogP contribution in [0.15, 0.2) is 51.8 Å². The fourth-order valence-corrected chi connectivity index (χ4v) is 5.77. The third kappa shape index (κ3) is 2.88. The Morgan fingerprint density at radius 2 is 1.38 bits per heavy atom. The number of hydrogen-bond donors (Lipinski definition) is 0. The van der Waals surface area contributed by atoms with E-state index in [1.807, 2.05) is 13.0 Å². The average Bonchev–Trinajstić information content (AvgIpc) is 2.78. The molecule has 164 valence electrons. The number of esters is 2. The number of fused-ring (bicyclic) bond motifs is 2. The summed E-state index contributed by atoms with van der Waals surface area (Å²) in [5.41, 5.74) is -0.201. The highest BCUT2D eigenvalue weighted by Gasteiger charge is 2.62. The van der Waals surface area contributed by atoms with E-state index in [0.717, 1.165) is 17.3 Å². The predicted molar refractivity (Wildman–Crippen MR) is 119 cm³/mol. The lowest BCUT2D eigenvalue weighted by Gasteiger charge is -2.40. The molecule has 0 unspecified atom stereocenters. The van der Waals surface area contributed by atoms with Crippen LogP contribution < -0.4 is 0 Å². The minimum atomic E-state index is -2.18. The highest BCUT2D eigenvalue weighted by Crippen LogP contribution is 2.55. The summed E-state index contributed by atoms with van der Waals surface area (Å²) in [4.78, 5) is 55.3. The molecule has 0 saturated carbocycles. The fraction of sp³-hybridized carbons (Fsp3) is 0.280. The molecule has 4 rings (SSSR count). The molecule has 0 fully saturated rings. The van der Waals surface area contributed by atoms with E-state index in [9.17, 15) is 19.2 Å². The number of thioether (sulfide) groups is 1. The van der Waals surface area contributed by atoms with E-state index in [4.69, 9.17) is 9.47 Å². The van der Waals surface area contributed by atoms with E-state index < -0.39 is 28.9 Å². The van der Waals surface area contributed by atoms with Gasteiger partial charge in [0.25, 0.3) is 0 Å². The zero-order valence-corrected chi connectivity index (χ0v) is 19.1. The van der Waals surface area contributed by atoms with Gasteiger partial charge in [-0.05, 0) is 38.8 Å². The minimum Gasteiger partial charge on any atom is -0.465 e. The van der Waals surface area contributed by atoms with Gasteiger partial charge < -0.3 is 9.47 Å². The lowest BCUT2D eigenvalue weighted by atomic mass is 9.67. The van der Waals surface area contributed by atoms with Gasteiger partial charge in [0.15, 0.2) is 5.78 Å². The Bertz CT molecular complexity index is 1200. The maximum Gasteiger partial charge on any atom is 0.332 e. The second-order valence-corrected chi connectivity index (χ2v) is 8.63. The molecule has 0 atom stereocenters. The van der Waals surface area contributed by atoms with Crippen molar-refractivity contribution in [2.75, 3.05) is 13.2 Å². The Morgan fingerprint density at radius 1 is 0.844 bits per heavy atom. The zero-order valence-electron chi connectivity index (χ0n) is 18.2. The van der Waals surface area contributed by atoms with E-state index in [1.165, 1.54) is 6.07 Å². The quantitative estimate of drug-likeness (QED) is 0.512. The molecule has 2 aromatic carbocycles. The van der Waals surface area contributed by atoms with Crippen LogP contribution in [0.25, 0.3) is 0 Å². The first kappa shape index (κ1) is 22.0. The number of aryl methyl sites for hydroxylation is 2. The maximum atomic E-state index is 13.8. The average molecular weight is 451 g/mol. The van der Waals surface area contributed by atoms with Crippen LogP contribution in [0.2, 0.25) is 0 Å². The molecule has 0 radical (unpaired) electrons. The van der Waals surface area contributed by atoms with Crippen molar-refractivity contribution in [3.63, 3.8) is 0 Å². The molecular formula is C25H22O6S. The van der Waals surface area contributed by atoms with Gasteiger partial charge in [0, 0.05) is 21.6 Å². The van der Waals surface area contributed by atoms with Gasteiger partial charge in [-0.1, -0.05) is 48.2 Å². The summed E-state index contributed by atoms with van der Waals surface area (Å²) in [7, 11) is 0. The van der Waals surface area contributed by atoms with E-state index in [1.54, 1.807) is 45.0 Å². The monoisotopic (exact) mass is 450 g/mol. The van der Waals surface area contributed by atoms with Crippen molar-refractivity contribution in [3.8, 4) is 0 Å². The number of ether oxygens (including phenoxy) is 2. The van der Waals surface area contributed by atoms with Crippen LogP contribution in [0.1, 0.15) is 51.3 Å². The molecule has 0 bridgehead atoms. The number of Topliss-reactive ketones (excluding diaryl/α,β-unsaturated/α-hetero) is 2. The van der Waals surface area contributed by atoms with Crippen LogP contribution in [0.5, 0.6) is 0 Å². The van der Waals surface area contributed by atoms with Crippen molar-refractivity contribution in [1.82, 2.24) is 0 Å². The van der Waals surface area contributed by atoms with E-state index in [0.29, 0.717) is 16.0 Å². The lowest BCUT2D eigenvalue weighted by Crippen LogP contribution is -2.53. The number of benzene rings is 2. The molecule has 0 N–H and O–H groups in total. The van der Waals surface area contributed by atoms with Crippen molar-refractivity contribution < 1.29 is 28.7 Å². The molecular weight excluding hydrogens is 428 g/mol. The predicted octanol–water partition coefficient (Wildman–Crippen LogP) is 4.11. The third-order valence-corrected chi connectivity index (χ3v) is 7.08. The molecule has 32 heavy (non-hydrogen) atoms. The molecule has 1 heterocycles. The molecule has 0 saturated heterocycles. The number of carbonyl (C=O) groups excluding carboxylic acids is 4. The minimum absolute atomic E-state index is 0.00529. The van der Waals surface area contributed by atoms with Crippen molar-refractivity contribution in [2.45, 2.75) is 38.0 Å². The Balaban J connectivity index is 2.17. The normalized spacial score (nSPS) is 16.1. The van der Waals surface area contributed by atoms with Crippen LogP contribution in [-0.2, 0) is 24.5 Å². The van der Waals surface area contributed by atoms with Gasteiger partial charge >= 0.3 is 11.9 Å².